The fourth-order valence-electron chi connectivity index (χ4n) is 1.49. The molecule has 2 aromatic rings. The van der Waals surface area contributed by atoms with Crippen LogP contribution in [0.3, 0.4) is 0 Å². The SMILES string of the molecule is COc1cccc2c(Cl)ncc(C#N)c12. The maximum atomic E-state index is 8.96. The lowest BCUT2D eigenvalue weighted by Gasteiger charge is -2.06. The molecule has 0 saturated heterocycles. The Morgan fingerprint density at radius 2 is 2.27 bits per heavy atom. The van der Waals surface area contributed by atoms with Gasteiger partial charge in [0.1, 0.15) is 17.0 Å². The number of hydrogen-bond donors (Lipinski definition) is 0. The van der Waals surface area contributed by atoms with Crippen molar-refractivity contribution in [1.29, 1.82) is 5.26 Å². The highest BCUT2D eigenvalue weighted by atomic mass is 35.5. The third kappa shape index (κ3) is 1.49. The molecular weight excluding hydrogens is 212 g/mol. The first-order chi connectivity index (χ1) is 7.27. The predicted octanol–water partition coefficient (Wildman–Crippen LogP) is 2.77. The minimum atomic E-state index is 0.378. The van der Waals surface area contributed by atoms with Crippen molar-refractivity contribution < 1.29 is 4.74 Å². The highest BCUT2D eigenvalue weighted by Crippen LogP contribution is 2.31. The van der Waals surface area contributed by atoms with Crippen LogP contribution in [0, 0.1) is 11.3 Å². The van der Waals surface area contributed by atoms with Gasteiger partial charge in [0.05, 0.1) is 12.7 Å². The van der Waals surface area contributed by atoms with Gasteiger partial charge in [0.2, 0.25) is 0 Å². The highest BCUT2D eigenvalue weighted by Gasteiger charge is 2.09. The second-order valence-electron chi connectivity index (χ2n) is 2.96. The van der Waals surface area contributed by atoms with E-state index in [0.29, 0.717) is 21.9 Å². The van der Waals surface area contributed by atoms with Gasteiger partial charge in [0.25, 0.3) is 0 Å². The first kappa shape index (κ1) is 9.75. The Bertz CT molecular complexity index is 560. The zero-order valence-electron chi connectivity index (χ0n) is 7.99. The van der Waals surface area contributed by atoms with Crippen molar-refractivity contribution in [3.8, 4) is 11.8 Å². The molecule has 2 rings (SSSR count). The van der Waals surface area contributed by atoms with Gasteiger partial charge in [-0.1, -0.05) is 23.7 Å². The average molecular weight is 219 g/mol. The Morgan fingerprint density at radius 3 is 2.93 bits per heavy atom. The van der Waals surface area contributed by atoms with Crippen LogP contribution in [0.15, 0.2) is 24.4 Å². The third-order valence-corrected chi connectivity index (χ3v) is 2.47. The zero-order chi connectivity index (χ0) is 10.8. The van der Waals surface area contributed by atoms with Crippen molar-refractivity contribution in [2.45, 2.75) is 0 Å². The van der Waals surface area contributed by atoms with Crippen molar-refractivity contribution in [1.82, 2.24) is 4.98 Å². The van der Waals surface area contributed by atoms with Crippen LogP contribution in [0.4, 0.5) is 0 Å². The average Bonchev–Trinajstić information content (AvgIpc) is 2.29. The van der Waals surface area contributed by atoms with E-state index in [1.54, 1.807) is 13.2 Å². The number of nitriles is 1. The highest BCUT2D eigenvalue weighted by molar-refractivity contribution is 6.34. The van der Waals surface area contributed by atoms with Gasteiger partial charge in [-0.15, -0.1) is 0 Å². The summed E-state index contributed by atoms with van der Waals surface area (Å²) in [5.74, 6) is 0.633. The summed E-state index contributed by atoms with van der Waals surface area (Å²) in [6.45, 7) is 0. The minimum Gasteiger partial charge on any atom is -0.496 e. The lowest BCUT2D eigenvalue weighted by molar-refractivity contribution is 0.419. The van der Waals surface area contributed by atoms with E-state index in [1.165, 1.54) is 6.20 Å². The molecule has 0 N–H and O–H groups in total. The summed E-state index contributed by atoms with van der Waals surface area (Å²) in [6.07, 6.45) is 1.45. The Labute approximate surface area is 91.9 Å². The number of methoxy groups -OCH3 is 1. The lowest BCUT2D eigenvalue weighted by Crippen LogP contribution is -1.90. The fourth-order valence-corrected chi connectivity index (χ4v) is 1.70. The van der Waals surface area contributed by atoms with Crippen molar-refractivity contribution >= 4 is 22.4 Å². The Kier molecular flexibility index (Phi) is 2.44. The first-order valence-electron chi connectivity index (χ1n) is 4.29. The molecule has 0 fully saturated rings. The van der Waals surface area contributed by atoms with Crippen LogP contribution in [0.2, 0.25) is 5.15 Å². The molecule has 15 heavy (non-hydrogen) atoms. The molecule has 0 aliphatic rings. The van der Waals surface area contributed by atoms with Crippen LogP contribution < -0.4 is 4.74 Å². The fraction of sp³-hybridized carbons (Fsp3) is 0.0909. The maximum Gasteiger partial charge on any atom is 0.137 e. The van der Waals surface area contributed by atoms with Gasteiger partial charge in [-0.2, -0.15) is 5.26 Å². The standard InChI is InChI=1S/C11H7ClN2O/c1-15-9-4-2-3-8-10(9)7(5-13)6-14-11(8)12/h2-4,6H,1H3. The molecule has 1 heterocycles. The molecule has 1 aromatic heterocycles. The number of ether oxygens (including phenoxy) is 1. The topological polar surface area (TPSA) is 45.9 Å². The van der Waals surface area contributed by atoms with Crippen molar-refractivity contribution in [3.05, 3.63) is 35.1 Å². The number of nitrogens with zero attached hydrogens (tertiary/aromatic N) is 2. The first-order valence-corrected chi connectivity index (χ1v) is 4.67. The molecule has 0 atom stereocenters. The number of pyridine rings is 1. The van der Waals surface area contributed by atoms with E-state index >= 15 is 0 Å². The molecule has 4 heteroatoms. The predicted molar refractivity (Wildman–Crippen MR) is 58.0 cm³/mol. The normalized spacial score (nSPS) is 9.93. The van der Waals surface area contributed by atoms with Crippen LogP contribution in [-0.4, -0.2) is 12.1 Å². The number of hydrogen-bond acceptors (Lipinski definition) is 3. The summed E-state index contributed by atoms with van der Waals surface area (Å²) >= 11 is 5.94. The van der Waals surface area contributed by atoms with Gasteiger partial charge in [-0.25, -0.2) is 4.98 Å². The monoisotopic (exact) mass is 218 g/mol. The van der Waals surface area contributed by atoms with Crippen LogP contribution >= 0.6 is 11.6 Å². The van der Waals surface area contributed by atoms with Crippen molar-refractivity contribution in [2.75, 3.05) is 7.11 Å². The molecule has 0 aliphatic heterocycles. The van der Waals surface area contributed by atoms with Gasteiger partial charge in [-0.05, 0) is 6.07 Å². The van der Waals surface area contributed by atoms with E-state index in [1.807, 2.05) is 12.1 Å². The summed E-state index contributed by atoms with van der Waals surface area (Å²) in [6, 6.07) is 7.49. The summed E-state index contributed by atoms with van der Waals surface area (Å²) < 4.78 is 5.19. The molecule has 0 saturated carbocycles. The second kappa shape index (κ2) is 3.76. The Hall–Kier alpha value is -1.79. The van der Waals surface area contributed by atoms with Crippen molar-refractivity contribution in [3.63, 3.8) is 0 Å². The quantitative estimate of drug-likeness (QED) is 0.692. The van der Waals surface area contributed by atoms with E-state index in [2.05, 4.69) is 11.1 Å². The summed E-state index contributed by atoms with van der Waals surface area (Å²) in [5, 5.41) is 10.8. The molecule has 0 aliphatic carbocycles. The molecule has 0 spiro atoms. The van der Waals surface area contributed by atoms with Gasteiger partial charge in [-0.3, -0.25) is 0 Å². The molecule has 0 radical (unpaired) electrons. The van der Waals surface area contributed by atoms with Crippen LogP contribution in [0.1, 0.15) is 5.56 Å². The van der Waals surface area contributed by atoms with Gasteiger partial charge >= 0.3 is 0 Å². The second-order valence-corrected chi connectivity index (χ2v) is 3.32. The van der Waals surface area contributed by atoms with Gasteiger partial charge in [0.15, 0.2) is 0 Å². The molecule has 0 amide bonds. The summed E-state index contributed by atoms with van der Waals surface area (Å²) in [5.41, 5.74) is 0.465. The minimum absolute atomic E-state index is 0.378. The van der Waals surface area contributed by atoms with Crippen LogP contribution in [0.5, 0.6) is 5.75 Å². The Balaban J connectivity index is 2.96. The summed E-state index contributed by atoms with van der Waals surface area (Å²) in [4.78, 5) is 3.94. The van der Waals surface area contributed by atoms with E-state index in [0.717, 1.165) is 5.39 Å². The molecule has 3 nitrogen and oxygen atoms in total. The van der Waals surface area contributed by atoms with Crippen LogP contribution in [-0.2, 0) is 0 Å². The molecule has 0 unspecified atom stereocenters. The smallest absolute Gasteiger partial charge is 0.137 e. The molecule has 74 valence electrons. The Morgan fingerprint density at radius 1 is 1.47 bits per heavy atom. The zero-order valence-corrected chi connectivity index (χ0v) is 8.75. The molecule has 0 bridgehead atoms. The number of benzene rings is 1. The lowest BCUT2D eigenvalue weighted by atomic mass is 10.1. The number of aromatic nitrogens is 1. The molecular formula is C11H7ClN2O. The van der Waals surface area contributed by atoms with Gasteiger partial charge < -0.3 is 4.74 Å². The number of fused-ring (bicyclic) bond motifs is 1. The van der Waals surface area contributed by atoms with E-state index in [4.69, 9.17) is 21.6 Å². The maximum absolute atomic E-state index is 8.96. The van der Waals surface area contributed by atoms with E-state index in [9.17, 15) is 0 Å². The van der Waals surface area contributed by atoms with Crippen LogP contribution in [0.25, 0.3) is 10.8 Å². The largest absolute Gasteiger partial charge is 0.496 e. The van der Waals surface area contributed by atoms with E-state index < -0.39 is 0 Å². The molecule has 1 aromatic carbocycles. The third-order valence-electron chi connectivity index (χ3n) is 2.17. The summed E-state index contributed by atoms with van der Waals surface area (Å²) in [7, 11) is 1.56. The number of rotatable bonds is 1. The van der Waals surface area contributed by atoms with Crippen molar-refractivity contribution in [2.24, 2.45) is 0 Å². The van der Waals surface area contributed by atoms with Gasteiger partial charge in [0, 0.05) is 17.0 Å². The number of halogens is 1. The van der Waals surface area contributed by atoms with E-state index in [-0.39, 0.29) is 0 Å².